The molecule has 1 aromatic rings. The van der Waals surface area contributed by atoms with E-state index in [0.717, 1.165) is 6.07 Å². The third-order valence-corrected chi connectivity index (χ3v) is 2.61. The Bertz CT molecular complexity index is 467. The van der Waals surface area contributed by atoms with Crippen LogP contribution < -0.4 is 5.73 Å². The fourth-order valence-corrected chi connectivity index (χ4v) is 1.39. The van der Waals surface area contributed by atoms with Crippen molar-refractivity contribution in [3.8, 4) is 6.07 Å². The smallest absolute Gasteiger partial charge is 0.255 e. The number of benzene rings is 1. The van der Waals surface area contributed by atoms with Crippen LogP contribution in [0.4, 0.5) is 10.1 Å². The SMILES string of the molecule is CC(CC#N)N(C)C(=O)c1ccc(F)cc1N. The average Bonchev–Trinajstić information content (AvgIpc) is 2.27. The summed E-state index contributed by atoms with van der Waals surface area (Å²) in [6, 6.07) is 5.43. The normalized spacial score (nSPS) is 11.6. The standard InChI is InChI=1S/C12H14FN3O/c1-8(5-6-14)16(2)12(17)10-4-3-9(13)7-11(10)15/h3-4,7-8H,5,15H2,1-2H3. The summed E-state index contributed by atoms with van der Waals surface area (Å²) in [6.07, 6.45) is 0.239. The number of carbonyl (C=O) groups excluding carboxylic acids is 1. The van der Waals surface area contributed by atoms with E-state index in [2.05, 4.69) is 0 Å². The van der Waals surface area contributed by atoms with Crippen molar-refractivity contribution in [1.82, 2.24) is 4.90 Å². The molecule has 1 amide bonds. The predicted octanol–water partition coefficient (Wildman–Crippen LogP) is 1.78. The van der Waals surface area contributed by atoms with Crippen LogP contribution in [0.5, 0.6) is 0 Å². The maximum atomic E-state index is 12.8. The van der Waals surface area contributed by atoms with Crippen LogP contribution in [0.2, 0.25) is 0 Å². The number of nitrogens with two attached hydrogens (primary N) is 1. The van der Waals surface area contributed by atoms with Gasteiger partial charge in [0.2, 0.25) is 0 Å². The van der Waals surface area contributed by atoms with Gasteiger partial charge in [-0.2, -0.15) is 5.26 Å². The minimum atomic E-state index is -0.480. The van der Waals surface area contributed by atoms with E-state index in [9.17, 15) is 9.18 Å². The quantitative estimate of drug-likeness (QED) is 0.812. The Morgan fingerprint density at radius 1 is 1.65 bits per heavy atom. The lowest BCUT2D eigenvalue weighted by atomic mass is 10.1. The molecule has 0 saturated carbocycles. The predicted molar refractivity (Wildman–Crippen MR) is 62.6 cm³/mol. The van der Waals surface area contributed by atoms with E-state index in [-0.39, 0.29) is 29.6 Å². The van der Waals surface area contributed by atoms with Crippen molar-refractivity contribution in [3.63, 3.8) is 0 Å². The third-order valence-electron chi connectivity index (χ3n) is 2.61. The van der Waals surface area contributed by atoms with Gasteiger partial charge in [-0.05, 0) is 25.1 Å². The number of halogens is 1. The summed E-state index contributed by atoms with van der Waals surface area (Å²) in [7, 11) is 1.59. The molecule has 0 heterocycles. The average molecular weight is 235 g/mol. The fourth-order valence-electron chi connectivity index (χ4n) is 1.39. The van der Waals surface area contributed by atoms with Crippen molar-refractivity contribution in [1.29, 1.82) is 5.26 Å². The van der Waals surface area contributed by atoms with E-state index in [4.69, 9.17) is 11.0 Å². The fraction of sp³-hybridized carbons (Fsp3) is 0.333. The van der Waals surface area contributed by atoms with Gasteiger partial charge in [-0.15, -0.1) is 0 Å². The zero-order valence-electron chi connectivity index (χ0n) is 9.77. The molecule has 1 unspecified atom stereocenters. The Hall–Kier alpha value is -2.09. The Morgan fingerprint density at radius 2 is 2.29 bits per heavy atom. The van der Waals surface area contributed by atoms with Gasteiger partial charge in [0.25, 0.3) is 5.91 Å². The maximum Gasteiger partial charge on any atom is 0.255 e. The molecule has 1 aromatic carbocycles. The molecule has 5 heteroatoms. The minimum Gasteiger partial charge on any atom is -0.398 e. The number of rotatable bonds is 3. The molecule has 0 saturated heterocycles. The molecule has 0 aliphatic heterocycles. The first-order valence-corrected chi connectivity index (χ1v) is 5.16. The largest absolute Gasteiger partial charge is 0.398 e. The van der Waals surface area contributed by atoms with Gasteiger partial charge in [-0.3, -0.25) is 4.79 Å². The molecule has 4 nitrogen and oxygen atoms in total. The molecule has 0 radical (unpaired) electrons. The first-order valence-electron chi connectivity index (χ1n) is 5.16. The highest BCUT2D eigenvalue weighted by Crippen LogP contribution is 2.16. The van der Waals surface area contributed by atoms with E-state index in [1.54, 1.807) is 14.0 Å². The molecule has 0 spiro atoms. The van der Waals surface area contributed by atoms with E-state index in [1.807, 2.05) is 6.07 Å². The molecule has 17 heavy (non-hydrogen) atoms. The molecule has 0 aliphatic carbocycles. The van der Waals surface area contributed by atoms with Gasteiger partial charge in [0.15, 0.2) is 0 Å². The molecule has 0 fully saturated rings. The van der Waals surface area contributed by atoms with Gasteiger partial charge in [0.1, 0.15) is 5.82 Å². The van der Waals surface area contributed by atoms with Crippen molar-refractivity contribution in [2.45, 2.75) is 19.4 Å². The lowest BCUT2D eigenvalue weighted by molar-refractivity contribution is 0.0747. The van der Waals surface area contributed by atoms with Gasteiger partial charge < -0.3 is 10.6 Å². The van der Waals surface area contributed by atoms with Crippen LogP contribution in [0.25, 0.3) is 0 Å². The topological polar surface area (TPSA) is 70.1 Å². The van der Waals surface area contributed by atoms with E-state index in [0.29, 0.717) is 0 Å². The van der Waals surface area contributed by atoms with E-state index >= 15 is 0 Å². The Kier molecular flexibility index (Phi) is 4.05. The summed E-state index contributed by atoms with van der Waals surface area (Å²) < 4.78 is 12.8. The van der Waals surface area contributed by atoms with E-state index in [1.165, 1.54) is 17.0 Å². The molecule has 90 valence electrons. The van der Waals surface area contributed by atoms with Gasteiger partial charge in [0, 0.05) is 18.8 Å². The van der Waals surface area contributed by atoms with Gasteiger partial charge in [-0.1, -0.05) is 0 Å². The summed E-state index contributed by atoms with van der Waals surface area (Å²) in [5.74, 6) is -0.794. The molecular formula is C12H14FN3O. The number of amides is 1. The van der Waals surface area contributed by atoms with Gasteiger partial charge in [0.05, 0.1) is 18.1 Å². The second-order valence-electron chi connectivity index (χ2n) is 3.86. The third kappa shape index (κ3) is 2.94. The second kappa shape index (κ2) is 5.30. The monoisotopic (exact) mass is 235 g/mol. The number of hydrogen-bond donors (Lipinski definition) is 1. The number of anilines is 1. The Balaban J connectivity index is 2.93. The molecule has 1 atom stereocenters. The van der Waals surface area contributed by atoms with Crippen LogP contribution in [0.1, 0.15) is 23.7 Å². The molecule has 0 bridgehead atoms. The van der Waals surface area contributed by atoms with Crippen LogP contribution in [0.3, 0.4) is 0 Å². The number of hydrogen-bond acceptors (Lipinski definition) is 3. The zero-order valence-corrected chi connectivity index (χ0v) is 9.77. The van der Waals surface area contributed by atoms with Crippen molar-refractivity contribution in [3.05, 3.63) is 29.6 Å². The minimum absolute atomic E-state index is 0.103. The molecule has 0 aliphatic rings. The second-order valence-corrected chi connectivity index (χ2v) is 3.86. The van der Waals surface area contributed by atoms with E-state index < -0.39 is 5.82 Å². The van der Waals surface area contributed by atoms with Crippen LogP contribution >= 0.6 is 0 Å². The van der Waals surface area contributed by atoms with Crippen LogP contribution in [0.15, 0.2) is 18.2 Å². The van der Waals surface area contributed by atoms with Crippen molar-refractivity contribution >= 4 is 11.6 Å². The zero-order chi connectivity index (χ0) is 13.0. The summed E-state index contributed by atoms with van der Waals surface area (Å²) in [6.45, 7) is 1.76. The number of carbonyl (C=O) groups is 1. The number of nitrogen functional groups attached to an aromatic ring is 1. The molecule has 2 N–H and O–H groups in total. The highest BCUT2D eigenvalue weighted by Gasteiger charge is 2.19. The number of nitrogens with zero attached hydrogens (tertiary/aromatic N) is 2. The van der Waals surface area contributed by atoms with Crippen LogP contribution in [-0.2, 0) is 0 Å². The van der Waals surface area contributed by atoms with Crippen molar-refractivity contribution < 1.29 is 9.18 Å². The highest BCUT2D eigenvalue weighted by atomic mass is 19.1. The number of nitriles is 1. The van der Waals surface area contributed by atoms with Crippen molar-refractivity contribution in [2.24, 2.45) is 0 Å². The van der Waals surface area contributed by atoms with Crippen molar-refractivity contribution in [2.75, 3.05) is 12.8 Å². The molecular weight excluding hydrogens is 221 g/mol. The highest BCUT2D eigenvalue weighted by molar-refractivity contribution is 5.99. The first kappa shape index (κ1) is 13.0. The lowest BCUT2D eigenvalue weighted by Gasteiger charge is -2.23. The molecule has 1 rings (SSSR count). The van der Waals surface area contributed by atoms with Gasteiger partial charge >= 0.3 is 0 Å². The summed E-state index contributed by atoms with van der Waals surface area (Å²) >= 11 is 0. The van der Waals surface area contributed by atoms with Gasteiger partial charge in [-0.25, -0.2) is 4.39 Å². The molecule has 0 aromatic heterocycles. The summed E-state index contributed by atoms with van der Waals surface area (Å²) in [4.78, 5) is 13.4. The van der Waals surface area contributed by atoms with Crippen LogP contribution in [-0.4, -0.2) is 23.9 Å². The Labute approximate surface area is 99.4 Å². The Morgan fingerprint density at radius 3 is 2.82 bits per heavy atom. The maximum absolute atomic E-state index is 12.8. The van der Waals surface area contributed by atoms with Crippen LogP contribution in [0, 0.1) is 17.1 Å². The lowest BCUT2D eigenvalue weighted by Crippen LogP contribution is -2.35. The summed E-state index contributed by atoms with van der Waals surface area (Å²) in [5.41, 5.74) is 5.93. The first-order chi connectivity index (χ1) is 7.97. The summed E-state index contributed by atoms with van der Waals surface area (Å²) in [5, 5.41) is 8.57.